The molecule has 1 amide bonds. The van der Waals surface area contributed by atoms with Gasteiger partial charge in [0.1, 0.15) is 5.82 Å². The minimum absolute atomic E-state index is 0.0177. The van der Waals surface area contributed by atoms with Crippen LogP contribution in [0.1, 0.15) is 54.0 Å². The van der Waals surface area contributed by atoms with Crippen LogP contribution in [0.15, 0.2) is 24.3 Å². The molecule has 6 nitrogen and oxygen atoms in total. The van der Waals surface area contributed by atoms with E-state index in [0.717, 1.165) is 29.3 Å². The maximum atomic E-state index is 12.7. The fourth-order valence-electron chi connectivity index (χ4n) is 3.92. The number of nitrogens with zero attached hydrogens (tertiary/aromatic N) is 4. The third-order valence-electron chi connectivity index (χ3n) is 5.22. The van der Waals surface area contributed by atoms with Crippen LogP contribution >= 0.6 is 0 Å². The maximum absolute atomic E-state index is 12.7. The predicted octanol–water partition coefficient (Wildman–Crippen LogP) is 4.84. The van der Waals surface area contributed by atoms with Gasteiger partial charge in [0, 0.05) is 24.7 Å². The Hall–Kier alpha value is -2.89. The molecule has 2 heterocycles. The number of aryl methyl sites for hydroxylation is 4. The van der Waals surface area contributed by atoms with E-state index in [1.165, 1.54) is 16.7 Å². The summed E-state index contributed by atoms with van der Waals surface area (Å²) < 4.78 is 3.87. The lowest BCUT2D eigenvalue weighted by molar-refractivity contribution is -0.116. The van der Waals surface area contributed by atoms with E-state index in [2.05, 4.69) is 73.0 Å². The van der Waals surface area contributed by atoms with E-state index in [4.69, 9.17) is 0 Å². The third-order valence-corrected chi connectivity index (χ3v) is 5.22. The van der Waals surface area contributed by atoms with Crippen molar-refractivity contribution in [2.45, 2.75) is 67.9 Å². The average Bonchev–Trinajstić information content (AvgIpc) is 3.11. The lowest BCUT2D eigenvalue weighted by Gasteiger charge is -2.11. The molecule has 0 aliphatic rings. The van der Waals surface area contributed by atoms with Crippen LogP contribution in [0, 0.1) is 40.5 Å². The second-order valence-electron chi connectivity index (χ2n) is 8.70. The second kappa shape index (κ2) is 8.86. The van der Waals surface area contributed by atoms with Crippen LogP contribution in [0.4, 0.5) is 5.82 Å². The summed E-state index contributed by atoms with van der Waals surface area (Å²) in [6, 6.07) is 8.19. The Morgan fingerprint density at radius 3 is 2.30 bits per heavy atom. The largest absolute Gasteiger partial charge is 0.311 e. The molecule has 0 radical (unpaired) electrons. The molecule has 3 rings (SSSR count). The van der Waals surface area contributed by atoms with Gasteiger partial charge in [-0.2, -0.15) is 10.2 Å². The number of benzene rings is 1. The van der Waals surface area contributed by atoms with Crippen molar-refractivity contribution in [3.05, 3.63) is 58.0 Å². The Bertz CT molecular complexity index is 1040. The molecular weight excluding hydrogens is 374 g/mol. The van der Waals surface area contributed by atoms with Crippen molar-refractivity contribution < 1.29 is 4.79 Å². The van der Waals surface area contributed by atoms with Gasteiger partial charge in [0.25, 0.3) is 0 Å². The van der Waals surface area contributed by atoms with Crippen molar-refractivity contribution in [2.24, 2.45) is 5.92 Å². The van der Waals surface area contributed by atoms with Gasteiger partial charge in [-0.05, 0) is 75.8 Å². The summed E-state index contributed by atoms with van der Waals surface area (Å²) in [5, 5.41) is 12.3. The topological polar surface area (TPSA) is 64.7 Å². The zero-order valence-corrected chi connectivity index (χ0v) is 19.2. The van der Waals surface area contributed by atoms with Crippen LogP contribution in [0.25, 0.3) is 5.69 Å². The number of rotatable bonds is 7. The highest BCUT2D eigenvalue weighted by Crippen LogP contribution is 2.21. The quantitative estimate of drug-likeness (QED) is 0.610. The first kappa shape index (κ1) is 21.8. The zero-order chi connectivity index (χ0) is 22.0. The molecule has 30 heavy (non-hydrogen) atoms. The van der Waals surface area contributed by atoms with Gasteiger partial charge in [-0.15, -0.1) is 0 Å². The SMILES string of the molecule is Cc1cc(C)cc(-n2nc(C)cc2NC(=O)CCc2c(C)nn(CC(C)C)c2C)c1. The van der Waals surface area contributed by atoms with Gasteiger partial charge in [0.15, 0.2) is 0 Å². The van der Waals surface area contributed by atoms with Crippen molar-refractivity contribution in [1.82, 2.24) is 19.6 Å². The molecule has 0 saturated carbocycles. The molecule has 160 valence electrons. The minimum Gasteiger partial charge on any atom is -0.311 e. The highest BCUT2D eigenvalue weighted by Gasteiger charge is 2.16. The van der Waals surface area contributed by atoms with Crippen LogP contribution in [0.5, 0.6) is 0 Å². The molecule has 0 fully saturated rings. The molecule has 6 heteroatoms. The van der Waals surface area contributed by atoms with Crippen molar-refractivity contribution in [3.63, 3.8) is 0 Å². The molecule has 0 saturated heterocycles. The molecule has 0 bridgehead atoms. The second-order valence-corrected chi connectivity index (χ2v) is 8.70. The third kappa shape index (κ3) is 4.99. The standard InChI is InChI=1S/C24H33N5O/c1-15(2)14-28-20(7)22(19(6)27-28)8-9-24(30)25-23-13-18(5)26-29(23)21-11-16(3)10-17(4)12-21/h10-13,15H,8-9,14H2,1-7H3,(H,25,30). The first-order valence-electron chi connectivity index (χ1n) is 10.6. The molecule has 1 aromatic carbocycles. The van der Waals surface area contributed by atoms with Crippen LogP contribution in [-0.4, -0.2) is 25.5 Å². The summed E-state index contributed by atoms with van der Waals surface area (Å²) in [4.78, 5) is 12.7. The lowest BCUT2D eigenvalue weighted by Crippen LogP contribution is -2.16. The Morgan fingerprint density at radius 2 is 1.67 bits per heavy atom. The molecule has 1 N–H and O–H groups in total. The summed E-state index contributed by atoms with van der Waals surface area (Å²) in [6.07, 6.45) is 1.09. The maximum Gasteiger partial charge on any atom is 0.225 e. The smallest absolute Gasteiger partial charge is 0.225 e. The average molecular weight is 408 g/mol. The number of anilines is 1. The van der Waals surface area contributed by atoms with Gasteiger partial charge in [-0.25, -0.2) is 4.68 Å². The molecule has 0 atom stereocenters. The van der Waals surface area contributed by atoms with Crippen molar-refractivity contribution in [3.8, 4) is 5.69 Å². The van der Waals surface area contributed by atoms with Gasteiger partial charge < -0.3 is 5.32 Å². The van der Waals surface area contributed by atoms with Gasteiger partial charge in [0.05, 0.1) is 17.1 Å². The number of nitrogens with one attached hydrogen (secondary N) is 1. The summed E-state index contributed by atoms with van der Waals surface area (Å²) in [6.45, 7) is 15.4. The molecule has 0 spiro atoms. The molecule has 2 aromatic heterocycles. The molecule has 0 aliphatic heterocycles. The molecule has 0 aliphatic carbocycles. The van der Waals surface area contributed by atoms with Gasteiger partial charge in [-0.3, -0.25) is 9.48 Å². The van der Waals surface area contributed by atoms with Gasteiger partial charge in [-0.1, -0.05) is 19.9 Å². The normalized spacial score (nSPS) is 11.3. The van der Waals surface area contributed by atoms with Crippen molar-refractivity contribution >= 4 is 11.7 Å². The minimum atomic E-state index is -0.0177. The van der Waals surface area contributed by atoms with E-state index in [0.29, 0.717) is 24.6 Å². The first-order chi connectivity index (χ1) is 14.1. The molecule has 0 unspecified atom stereocenters. The number of amides is 1. The fourth-order valence-corrected chi connectivity index (χ4v) is 3.92. The van der Waals surface area contributed by atoms with E-state index in [9.17, 15) is 4.79 Å². The number of carbonyl (C=O) groups is 1. The highest BCUT2D eigenvalue weighted by molar-refractivity contribution is 5.90. The molecule has 3 aromatic rings. The van der Waals surface area contributed by atoms with E-state index in [1.807, 2.05) is 24.6 Å². The molecular formula is C24H33N5O. The summed E-state index contributed by atoms with van der Waals surface area (Å²) >= 11 is 0. The van der Waals surface area contributed by atoms with E-state index >= 15 is 0 Å². The van der Waals surface area contributed by atoms with Crippen molar-refractivity contribution in [1.29, 1.82) is 0 Å². The van der Waals surface area contributed by atoms with Crippen molar-refractivity contribution in [2.75, 3.05) is 5.32 Å². The number of carbonyl (C=O) groups excluding carboxylic acids is 1. The van der Waals surface area contributed by atoms with Crippen LogP contribution < -0.4 is 5.32 Å². The number of hydrogen-bond donors (Lipinski definition) is 1. The Labute approximate surface area is 179 Å². The van der Waals surface area contributed by atoms with Gasteiger partial charge in [0.2, 0.25) is 5.91 Å². The Kier molecular flexibility index (Phi) is 6.44. The Balaban J connectivity index is 1.73. The summed E-state index contributed by atoms with van der Waals surface area (Å²) in [7, 11) is 0. The van der Waals surface area contributed by atoms with E-state index < -0.39 is 0 Å². The van der Waals surface area contributed by atoms with E-state index in [-0.39, 0.29) is 5.91 Å². The van der Waals surface area contributed by atoms with E-state index in [1.54, 1.807) is 0 Å². The predicted molar refractivity (Wildman–Crippen MR) is 121 cm³/mol. The van der Waals surface area contributed by atoms with Crippen LogP contribution in [-0.2, 0) is 17.8 Å². The van der Waals surface area contributed by atoms with Crippen LogP contribution in [0.2, 0.25) is 0 Å². The monoisotopic (exact) mass is 407 g/mol. The number of hydrogen-bond acceptors (Lipinski definition) is 3. The summed E-state index contributed by atoms with van der Waals surface area (Å²) in [5.41, 5.74) is 7.50. The van der Waals surface area contributed by atoms with Crippen LogP contribution in [0.3, 0.4) is 0 Å². The number of aromatic nitrogens is 4. The van der Waals surface area contributed by atoms with Gasteiger partial charge >= 0.3 is 0 Å². The lowest BCUT2D eigenvalue weighted by atomic mass is 10.1. The first-order valence-corrected chi connectivity index (χ1v) is 10.6. The Morgan fingerprint density at radius 1 is 1.00 bits per heavy atom. The highest BCUT2D eigenvalue weighted by atomic mass is 16.1. The zero-order valence-electron chi connectivity index (χ0n) is 19.2. The summed E-state index contributed by atoms with van der Waals surface area (Å²) in [5.74, 6) is 1.22. The fraction of sp³-hybridized carbons (Fsp3) is 0.458.